The normalized spacial score (nSPS) is 19.6. The van der Waals surface area contributed by atoms with Crippen LogP contribution in [0.5, 0.6) is 5.75 Å². The lowest BCUT2D eigenvalue weighted by Crippen LogP contribution is -2.13. The van der Waals surface area contributed by atoms with Crippen LogP contribution in [0.2, 0.25) is 5.02 Å². The monoisotopic (exact) mass is 482 g/mol. The van der Waals surface area contributed by atoms with Gasteiger partial charge in [-0.2, -0.15) is 5.26 Å². The van der Waals surface area contributed by atoms with Crippen LogP contribution in [-0.2, 0) is 4.79 Å². The van der Waals surface area contributed by atoms with E-state index in [0.29, 0.717) is 6.08 Å². The van der Waals surface area contributed by atoms with Gasteiger partial charge in [-0.05, 0) is 45.0 Å². The molecule has 1 amide bonds. The number of carbonyl (C=O) groups is 1. The van der Waals surface area contributed by atoms with Gasteiger partial charge in [-0.15, -0.1) is 0 Å². The van der Waals surface area contributed by atoms with Gasteiger partial charge in [0.05, 0.1) is 42.3 Å². The van der Waals surface area contributed by atoms with E-state index in [4.69, 9.17) is 36.9 Å². The van der Waals surface area contributed by atoms with Gasteiger partial charge in [-0.1, -0.05) is 17.7 Å². The van der Waals surface area contributed by atoms with E-state index in [2.05, 4.69) is 15.6 Å². The summed E-state index contributed by atoms with van der Waals surface area (Å²) in [6.07, 6.45) is 1.51. The highest BCUT2D eigenvalue weighted by atomic mass is 35.5. The van der Waals surface area contributed by atoms with Crippen LogP contribution >= 0.6 is 11.6 Å². The summed E-state index contributed by atoms with van der Waals surface area (Å²) in [5.41, 5.74) is -1.61. The first-order chi connectivity index (χ1) is 21.8. The Morgan fingerprint density at radius 2 is 2.36 bits per heavy atom. The third-order valence-corrected chi connectivity index (χ3v) is 4.23. The quantitative estimate of drug-likeness (QED) is 0.434. The second kappa shape index (κ2) is 10.8. The molecule has 0 fully saturated rings. The first kappa shape index (κ1) is 11.0. The second-order valence-electron chi connectivity index (χ2n) is 6.16. The average molecular weight is 483 g/mol. The Kier molecular flexibility index (Phi) is 3.58. The highest BCUT2D eigenvalue weighted by Gasteiger charge is 2.15. The van der Waals surface area contributed by atoms with Crippen molar-refractivity contribution >= 4 is 45.5 Å². The lowest BCUT2D eigenvalue weighted by molar-refractivity contribution is -0.111. The molecule has 0 saturated heterocycles. The Hall–Kier alpha value is -3.67. The summed E-state index contributed by atoms with van der Waals surface area (Å²) in [5, 5.41) is 13.7. The number of nitrogens with one attached hydrogen (secondary N) is 2. The smallest absolute Gasteiger partial charge is 0.248 e. The van der Waals surface area contributed by atoms with Crippen molar-refractivity contribution < 1.29 is 34.5 Å². The molecule has 2 N–H and O–H groups in total. The van der Waals surface area contributed by atoms with Crippen molar-refractivity contribution in [3.8, 4) is 11.8 Å². The maximum Gasteiger partial charge on any atom is 0.248 e. The fourth-order valence-corrected chi connectivity index (χ4v) is 2.77. The Labute approximate surface area is 217 Å². The number of carbonyl (C=O) groups excluding carboxylic acids is 1. The minimum absolute atomic E-state index is 0.0136. The Bertz CT molecular complexity index is 1800. The summed E-state index contributed by atoms with van der Waals surface area (Å²) < 4.78 is 134. The molecule has 0 unspecified atom stereocenters. The van der Waals surface area contributed by atoms with Gasteiger partial charge in [-0.25, -0.2) is 4.39 Å². The highest BCUT2D eigenvalue weighted by Crippen LogP contribution is 2.36. The number of pyridine rings is 1. The topological polar surface area (TPSA) is 90.3 Å². The summed E-state index contributed by atoms with van der Waals surface area (Å²) >= 11 is 5.83. The van der Waals surface area contributed by atoms with Gasteiger partial charge in [0.2, 0.25) is 5.91 Å². The fourth-order valence-electron chi connectivity index (χ4n) is 2.63. The zero-order valence-electron chi connectivity index (χ0n) is 31.4. The minimum Gasteiger partial charge on any atom is -0.492 e. The molecule has 0 aliphatic rings. The number of aromatic nitrogens is 1. The van der Waals surface area contributed by atoms with Crippen LogP contribution in [0, 0.1) is 17.1 Å². The average Bonchev–Trinajstić information content (AvgIpc) is 2.94. The van der Waals surface area contributed by atoms with Crippen LogP contribution in [0.15, 0.2) is 48.6 Å². The zero-order chi connectivity index (χ0) is 36.7. The number of benzene rings is 2. The number of likely N-dealkylation sites (N-methyl/N-ethyl adjacent to an activating group) is 1. The predicted octanol–water partition coefficient (Wildman–Crippen LogP) is 5.10. The molecule has 0 radical (unpaired) electrons. The minimum atomic E-state index is -3.36. The molecule has 0 aliphatic heterocycles. The van der Waals surface area contributed by atoms with Gasteiger partial charge >= 0.3 is 0 Å². The van der Waals surface area contributed by atoms with Crippen molar-refractivity contribution in [2.75, 3.05) is 37.7 Å². The molecule has 0 bridgehead atoms. The first-order valence-electron chi connectivity index (χ1n) is 16.3. The van der Waals surface area contributed by atoms with Crippen molar-refractivity contribution in [1.82, 2.24) is 9.88 Å². The Morgan fingerprint density at radius 3 is 3.12 bits per heavy atom. The van der Waals surface area contributed by atoms with Crippen LogP contribution in [0.3, 0.4) is 0 Å². The number of anilines is 3. The standard InChI is InChI=1S/C24H23ClFN5O2/c1-4-33-22-12-20-17(11-21(22)30-23(32)6-5-9-31(2)3)24(15(13-27)14-28-20)29-16-7-8-19(26)18(25)10-16/h5-8,10-12,14H,4,9H2,1-3H3,(H,28,29)(H,30,32)/b6-5+/i1D3,2D3,3D3,4D2,5D,7D,8D,10D. The Balaban J connectivity index is 2.23. The van der Waals surface area contributed by atoms with E-state index in [1.807, 2.05) is 0 Å². The zero-order valence-corrected chi connectivity index (χ0v) is 17.2. The number of ether oxygens (including phenoxy) is 1. The largest absolute Gasteiger partial charge is 0.492 e. The van der Waals surface area contributed by atoms with Crippen molar-refractivity contribution in [1.29, 1.82) is 5.26 Å². The molecule has 1 aromatic heterocycles. The highest BCUT2D eigenvalue weighted by molar-refractivity contribution is 6.31. The van der Waals surface area contributed by atoms with Gasteiger partial charge in [0, 0.05) is 48.3 Å². The van der Waals surface area contributed by atoms with Crippen LogP contribution in [0.1, 0.15) is 33.0 Å². The van der Waals surface area contributed by atoms with Crippen molar-refractivity contribution in [2.45, 2.75) is 6.85 Å². The summed E-state index contributed by atoms with van der Waals surface area (Å²) in [5.74, 6) is -3.18. The van der Waals surface area contributed by atoms with Gasteiger partial charge in [0.15, 0.2) is 0 Å². The van der Waals surface area contributed by atoms with Crippen molar-refractivity contribution in [3.63, 3.8) is 0 Å². The fraction of sp³-hybridized carbons (Fsp3) is 0.208. The number of rotatable bonds is 8. The number of halogens is 2. The molecule has 0 spiro atoms. The van der Waals surface area contributed by atoms with Gasteiger partial charge in [0.1, 0.15) is 17.6 Å². The van der Waals surface area contributed by atoms with E-state index in [-0.39, 0.29) is 27.1 Å². The van der Waals surface area contributed by atoms with Crippen LogP contribution in [0.4, 0.5) is 21.5 Å². The molecule has 0 saturated carbocycles. The number of hydrogen-bond acceptors (Lipinski definition) is 6. The van der Waals surface area contributed by atoms with Crippen LogP contribution in [0.25, 0.3) is 10.9 Å². The van der Waals surface area contributed by atoms with Crippen molar-refractivity contribution in [2.24, 2.45) is 0 Å². The molecule has 2 aromatic carbocycles. The molecule has 33 heavy (non-hydrogen) atoms. The molecule has 1 heterocycles. The summed E-state index contributed by atoms with van der Waals surface area (Å²) in [6, 6.07) is 0.460. The molecule has 0 aliphatic carbocycles. The molecule has 170 valence electrons. The second-order valence-corrected chi connectivity index (χ2v) is 6.53. The van der Waals surface area contributed by atoms with Crippen molar-refractivity contribution in [3.05, 3.63) is 65.0 Å². The summed E-state index contributed by atoms with van der Waals surface area (Å²) in [4.78, 5) is 17.1. The third kappa shape index (κ3) is 5.98. The lowest BCUT2D eigenvalue weighted by atomic mass is 10.1. The van der Waals surface area contributed by atoms with Gasteiger partial charge in [-0.3, -0.25) is 9.78 Å². The number of nitrogens with zero attached hydrogens (tertiary/aromatic N) is 3. The summed E-state index contributed by atoms with van der Waals surface area (Å²) in [6.45, 7) is -14.1. The van der Waals surface area contributed by atoms with E-state index in [9.17, 15) is 14.4 Å². The third-order valence-electron chi connectivity index (χ3n) is 3.97. The maximum absolute atomic E-state index is 14.2. The van der Waals surface area contributed by atoms with E-state index >= 15 is 0 Å². The van der Waals surface area contributed by atoms with Gasteiger partial charge in [0.25, 0.3) is 0 Å². The van der Waals surface area contributed by atoms with E-state index < -0.39 is 92.0 Å². The molecule has 0 atom stereocenters. The lowest BCUT2D eigenvalue weighted by Gasteiger charge is -2.16. The number of fused-ring (bicyclic) bond motifs is 1. The van der Waals surface area contributed by atoms with E-state index in [0.717, 1.165) is 18.3 Å². The van der Waals surface area contributed by atoms with Gasteiger partial charge < -0.3 is 20.3 Å². The number of nitriles is 1. The molecule has 7 nitrogen and oxygen atoms in total. The molecule has 3 rings (SSSR count). The number of hydrogen-bond donors (Lipinski definition) is 2. The SMILES string of the molecule is [2H]/C(=C\C(=O)Nc1cc2c(Nc3c([2H])c([2H])c(F)c(Cl)c3[2H])c(C#N)cnc2cc1OC([2H])([2H])C([2H])([2H])[2H])CN(C([2H])([2H])[2H])C([2H])([2H])[2H]. The molecular weight excluding hydrogens is 445 g/mol. The molecule has 9 heteroatoms. The summed E-state index contributed by atoms with van der Waals surface area (Å²) in [7, 11) is 0. The van der Waals surface area contributed by atoms with Crippen LogP contribution in [-0.4, -0.2) is 42.8 Å². The Morgan fingerprint density at radius 1 is 1.52 bits per heavy atom. The molecular formula is C24H23ClFN5O2. The predicted molar refractivity (Wildman–Crippen MR) is 129 cm³/mol. The van der Waals surface area contributed by atoms with Crippen LogP contribution < -0.4 is 15.4 Å². The van der Waals surface area contributed by atoms with E-state index in [1.54, 1.807) is 6.07 Å². The molecule has 3 aromatic rings. The first-order valence-corrected chi connectivity index (χ1v) is 9.21. The number of amides is 1. The maximum atomic E-state index is 14.2. The van der Waals surface area contributed by atoms with E-state index in [1.165, 1.54) is 0 Å².